The van der Waals surface area contributed by atoms with Gasteiger partial charge in [0.25, 0.3) is 0 Å². The second-order valence-electron chi connectivity index (χ2n) is 5.04. The minimum Gasteiger partial charge on any atom is -0.393 e. The molecule has 4 heteroatoms. The molecule has 1 saturated carbocycles. The summed E-state index contributed by atoms with van der Waals surface area (Å²) in [6.07, 6.45) is 2.00. The topological polar surface area (TPSA) is 20.2 Å². The van der Waals surface area contributed by atoms with Gasteiger partial charge in [-0.15, -0.1) is 0 Å². The summed E-state index contributed by atoms with van der Waals surface area (Å²) in [5, 5.41) is 13.9. The molecule has 0 amide bonds. The highest BCUT2D eigenvalue weighted by Crippen LogP contribution is 2.38. The van der Waals surface area contributed by atoms with Crippen LogP contribution < -0.4 is 0 Å². The van der Waals surface area contributed by atoms with Crippen LogP contribution in [0.5, 0.6) is 0 Å². The van der Waals surface area contributed by atoms with Gasteiger partial charge in [-0.2, -0.15) is 11.3 Å². The first-order valence-corrected chi connectivity index (χ1v) is 7.06. The van der Waals surface area contributed by atoms with Crippen molar-refractivity contribution < 1.29 is 13.9 Å². The second kappa shape index (κ2) is 5.44. The van der Waals surface area contributed by atoms with Crippen molar-refractivity contribution in [1.29, 1.82) is 0 Å². The third-order valence-electron chi connectivity index (χ3n) is 3.40. The third-order valence-corrected chi connectivity index (χ3v) is 4.13. The number of alkyl halides is 2. The molecule has 1 aliphatic carbocycles. The molecule has 1 fully saturated rings. The van der Waals surface area contributed by atoms with Crippen molar-refractivity contribution in [3.63, 3.8) is 0 Å². The molecule has 1 aromatic heterocycles. The van der Waals surface area contributed by atoms with Crippen LogP contribution in [-0.4, -0.2) is 17.1 Å². The normalized spacial score (nSPS) is 25.7. The Bertz CT molecular complexity index is 337. The molecule has 96 valence electrons. The van der Waals surface area contributed by atoms with Gasteiger partial charge in [-0.25, -0.2) is 8.78 Å². The van der Waals surface area contributed by atoms with Gasteiger partial charge >= 0.3 is 0 Å². The maximum Gasteiger partial charge on any atom is 0.248 e. The van der Waals surface area contributed by atoms with E-state index < -0.39 is 12.0 Å². The van der Waals surface area contributed by atoms with Crippen molar-refractivity contribution in [1.82, 2.24) is 0 Å². The van der Waals surface area contributed by atoms with Gasteiger partial charge in [-0.05, 0) is 54.0 Å². The van der Waals surface area contributed by atoms with E-state index in [0.29, 0.717) is 19.3 Å². The monoisotopic (exact) mass is 260 g/mol. The zero-order valence-electron chi connectivity index (χ0n) is 9.74. The predicted octanol–water partition coefficient (Wildman–Crippen LogP) is 3.87. The Labute approximate surface area is 104 Å². The summed E-state index contributed by atoms with van der Waals surface area (Å²) < 4.78 is 26.4. The first-order chi connectivity index (χ1) is 8.05. The number of hydrogen-bond donors (Lipinski definition) is 1. The smallest absolute Gasteiger partial charge is 0.248 e. The fraction of sp³-hybridized carbons (Fsp3) is 0.692. The minimum absolute atomic E-state index is 0.0180. The third kappa shape index (κ3) is 4.03. The molecule has 2 atom stereocenters. The average Bonchev–Trinajstić information content (AvgIpc) is 2.68. The quantitative estimate of drug-likeness (QED) is 0.871. The van der Waals surface area contributed by atoms with Crippen LogP contribution in [0.25, 0.3) is 0 Å². The molecule has 2 unspecified atom stereocenters. The van der Waals surface area contributed by atoms with Crippen LogP contribution in [-0.2, 0) is 6.42 Å². The van der Waals surface area contributed by atoms with E-state index in [9.17, 15) is 13.9 Å². The molecule has 0 aromatic carbocycles. The van der Waals surface area contributed by atoms with Gasteiger partial charge in [0.15, 0.2) is 0 Å². The number of thiophene rings is 1. The molecule has 1 aliphatic rings. The van der Waals surface area contributed by atoms with E-state index in [-0.39, 0.29) is 18.8 Å². The van der Waals surface area contributed by atoms with Crippen molar-refractivity contribution in [3.8, 4) is 0 Å². The summed E-state index contributed by atoms with van der Waals surface area (Å²) in [5.74, 6) is -2.53. The van der Waals surface area contributed by atoms with Crippen molar-refractivity contribution in [3.05, 3.63) is 22.4 Å². The van der Waals surface area contributed by atoms with Crippen LogP contribution >= 0.6 is 11.3 Å². The highest BCUT2D eigenvalue weighted by Gasteiger charge is 2.36. The van der Waals surface area contributed by atoms with E-state index in [2.05, 4.69) is 0 Å². The summed E-state index contributed by atoms with van der Waals surface area (Å²) in [5.41, 5.74) is 1.10. The summed E-state index contributed by atoms with van der Waals surface area (Å²) >= 11 is 1.60. The number of hydrogen-bond acceptors (Lipinski definition) is 2. The van der Waals surface area contributed by atoms with Crippen LogP contribution in [0.3, 0.4) is 0 Å². The first kappa shape index (κ1) is 13.0. The summed E-state index contributed by atoms with van der Waals surface area (Å²) in [4.78, 5) is 0. The number of aliphatic hydroxyl groups excluding tert-OH is 1. The lowest BCUT2D eigenvalue weighted by Crippen LogP contribution is -2.28. The van der Waals surface area contributed by atoms with E-state index >= 15 is 0 Å². The Morgan fingerprint density at radius 1 is 1.53 bits per heavy atom. The molecule has 1 aromatic rings. The average molecular weight is 260 g/mol. The number of rotatable bonds is 4. The summed E-state index contributed by atoms with van der Waals surface area (Å²) in [7, 11) is 0. The van der Waals surface area contributed by atoms with Crippen LogP contribution in [0.4, 0.5) is 8.78 Å². The minimum atomic E-state index is -2.51. The van der Waals surface area contributed by atoms with Crippen molar-refractivity contribution in [2.75, 3.05) is 0 Å². The fourth-order valence-electron chi connectivity index (χ4n) is 2.63. The van der Waals surface area contributed by atoms with Crippen LogP contribution in [0, 0.1) is 5.92 Å². The zero-order valence-corrected chi connectivity index (χ0v) is 10.6. The Morgan fingerprint density at radius 3 is 3.00 bits per heavy atom. The molecule has 0 spiro atoms. The van der Waals surface area contributed by atoms with Crippen LogP contribution in [0.2, 0.25) is 0 Å². The molecular formula is C13H18F2OS. The Morgan fingerprint density at radius 2 is 2.35 bits per heavy atom. The first-order valence-electron chi connectivity index (χ1n) is 6.12. The van der Waals surface area contributed by atoms with Crippen LogP contribution in [0.1, 0.15) is 37.7 Å². The molecule has 1 N–H and O–H groups in total. The van der Waals surface area contributed by atoms with Gasteiger partial charge in [0, 0.05) is 12.8 Å². The van der Waals surface area contributed by atoms with Crippen molar-refractivity contribution in [2.24, 2.45) is 5.92 Å². The molecule has 1 nitrogen and oxygen atoms in total. The van der Waals surface area contributed by atoms with Gasteiger partial charge < -0.3 is 5.11 Å². The number of halogens is 2. The largest absolute Gasteiger partial charge is 0.393 e. The van der Waals surface area contributed by atoms with Gasteiger partial charge in [-0.3, -0.25) is 0 Å². The number of aliphatic hydroxyl groups is 1. The predicted molar refractivity (Wildman–Crippen MR) is 65.6 cm³/mol. The van der Waals surface area contributed by atoms with Gasteiger partial charge in [-0.1, -0.05) is 0 Å². The molecule has 17 heavy (non-hydrogen) atoms. The Balaban J connectivity index is 1.80. The second-order valence-corrected chi connectivity index (χ2v) is 5.82. The fourth-order valence-corrected chi connectivity index (χ4v) is 3.31. The van der Waals surface area contributed by atoms with Gasteiger partial charge in [0.1, 0.15) is 0 Å². The van der Waals surface area contributed by atoms with Crippen molar-refractivity contribution >= 4 is 11.3 Å². The molecule has 2 rings (SSSR count). The Hall–Kier alpha value is -0.480. The lowest BCUT2D eigenvalue weighted by atomic mass is 9.82. The van der Waals surface area contributed by atoms with Gasteiger partial charge in [0.05, 0.1) is 6.10 Å². The van der Waals surface area contributed by atoms with E-state index in [1.54, 1.807) is 11.3 Å². The maximum atomic E-state index is 13.2. The molecule has 1 heterocycles. The molecular weight excluding hydrogens is 242 g/mol. The van der Waals surface area contributed by atoms with Gasteiger partial charge in [0.2, 0.25) is 5.92 Å². The summed E-state index contributed by atoms with van der Waals surface area (Å²) in [6.45, 7) is 0. The lowest BCUT2D eigenvalue weighted by Gasteiger charge is -2.30. The van der Waals surface area contributed by atoms with Crippen molar-refractivity contribution in [2.45, 2.75) is 50.6 Å². The van der Waals surface area contributed by atoms with E-state index in [4.69, 9.17) is 0 Å². The molecule has 0 saturated heterocycles. The highest BCUT2D eigenvalue weighted by molar-refractivity contribution is 7.07. The standard InChI is InChI=1S/C13H18F2OS/c14-13(15)4-1-2-10(8-13)6-12(16)7-11-3-5-17-9-11/h3,5,9-10,12,16H,1-2,4,6-8H2. The molecule has 0 aliphatic heterocycles. The Kier molecular flexibility index (Phi) is 4.15. The lowest BCUT2D eigenvalue weighted by molar-refractivity contribution is -0.0588. The van der Waals surface area contributed by atoms with E-state index in [1.807, 2.05) is 16.8 Å². The van der Waals surface area contributed by atoms with Crippen LogP contribution in [0.15, 0.2) is 16.8 Å². The summed E-state index contributed by atoms with van der Waals surface area (Å²) in [6, 6.07) is 1.98. The SMILES string of the molecule is OC(Cc1ccsc1)CC1CCCC(F)(F)C1. The molecule has 0 bridgehead atoms. The van der Waals surface area contributed by atoms with E-state index in [1.165, 1.54) is 0 Å². The highest BCUT2D eigenvalue weighted by atomic mass is 32.1. The molecule has 0 radical (unpaired) electrons. The van der Waals surface area contributed by atoms with E-state index in [0.717, 1.165) is 12.0 Å². The zero-order chi connectivity index (χ0) is 12.3. The maximum absolute atomic E-state index is 13.2.